The number of nitrogens with zero attached hydrogens (tertiary/aromatic N) is 3. The molecular weight excluding hydrogens is 468 g/mol. The summed E-state index contributed by atoms with van der Waals surface area (Å²) in [5.41, 5.74) is 2.25. The van der Waals surface area contributed by atoms with Gasteiger partial charge in [-0.15, -0.1) is 11.3 Å². The summed E-state index contributed by atoms with van der Waals surface area (Å²) in [5.74, 6) is 0.318. The molecule has 158 valence electrons. The Kier molecular flexibility index (Phi) is 6.93. The van der Waals surface area contributed by atoms with Crippen molar-refractivity contribution >= 4 is 39.1 Å². The molecule has 0 bridgehead atoms. The van der Waals surface area contributed by atoms with Crippen molar-refractivity contribution in [2.24, 2.45) is 4.99 Å². The highest BCUT2D eigenvalue weighted by Gasteiger charge is 2.34. The molecule has 2 aliphatic heterocycles. The first kappa shape index (κ1) is 21.2. The van der Waals surface area contributed by atoms with E-state index in [4.69, 9.17) is 14.5 Å². The van der Waals surface area contributed by atoms with Crippen molar-refractivity contribution in [1.82, 2.24) is 15.2 Å². The molecule has 1 atom stereocenters. The van der Waals surface area contributed by atoms with E-state index in [0.29, 0.717) is 37.8 Å². The normalized spacial score (nSPS) is 19.9. The van der Waals surface area contributed by atoms with E-state index in [1.807, 2.05) is 36.6 Å². The lowest BCUT2D eigenvalue weighted by Gasteiger charge is -2.32. The number of carbonyl (C=O) groups is 1. The van der Waals surface area contributed by atoms with Crippen LogP contribution in [0.3, 0.4) is 0 Å². The molecule has 0 saturated carbocycles. The molecule has 9 heteroatoms. The third kappa shape index (κ3) is 4.64. The Bertz CT molecular complexity index is 955. The molecule has 0 aliphatic carbocycles. The largest absolute Gasteiger partial charge is 0.463 e. The molecule has 2 aromatic rings. The van der Waals surface area contributed by atoms with E-state index in [1.54, 1.807) is 6.20 Å². The van der Waals surface area contributed by atoms with E-state index in [9.17, 15) is 4.79 Å². The molecule has 3 heterocycles. The number of esters is 1. The summed E-state index contributed by atoms with van der Waals surface area (Å²) in [6.07, 6.45) is 1.75. The Morgan fingerprint density at radius 1 is 1.37 bits per heavy atom. The number of aliphatic imine (C=N–C) groups is 1. The van der Waals surface area contributed by atoms with Gasteiger partial charge in [0, 0.05) is 41.4 Å². The molecule has 1 aromatic heterocycles. The number of carbonyl (C=O) groups excluding carboxylic acids is 1. The van der Waals surface area contributed by atoms with Crippen LogP contribution in [0.2, 0.25) is 0 Å². The number of thiazole rings is 1. The number of rotatable bonds is 6. The second-order valence-electron chi connectivity index (χ2n) is 6.87. The summed E-state index contributed by atoms with van der Waals surface area (Å²) >= 11 is 5.14. The molecule has 1 fully saturated rings. The Hall–Kier alpha value is -2.07. The van der Waals surface area contributed by atoms with Crippen LogP contribution < -0.4 is 5.32 Å². The summed E-state index contributed by atoms with van der Waals surface area (Å²) in [5, 5.41) is 6.09. The molecule has 1 N–H and O–H groups in total. The molecular formula is C21H23BrN4O3S. The van der Waals surface area contributed by atoms with Crippen molar-refractivity contribution < 1.29 is 14.3 Å². The Morgan fingerprint density at radius 3 is 2.87 bits per heavy atom. The van der Waals surface area contributed by atoms with Gasteiger partial charge in [0.15, 0.2) is 10.8 Å². The zero-order valence-corrected chi connectivity index (χ0v) is 19.0. The number of halogens is 1. The van der Waals surface area contributed by atoms with Crippen LogP contribution in [0.1, 0.15) is 23.5 Å². The summed E-state index contributed by atoms with van der Waals surface area (Å²) < 4.78 is 11.8. The summed E-state index contributed by atoms with van der Waals surface area (Å²) in [4.78, 5) is 24.7. The number of hydrogen-bond donors (Lipinski definition) is 1. The van der Waals surface area contributed by atoms with E-state index in [0.717, 1.165) is 33.8 Å². The third-order valence-corrected chi connectivity index (χ3v) is 6.44. The van der Waals surface area contributed by atoms with Crippen LogP contribution in [0.5, 0.6) is 0 Å². The van der Waals surface area contributed by atoms with Crippen molar-refractivity contribution in [2.75, 3.05) is 39.5 Å². The van der Waals surface area contributed by atoms with E-state index in [-0.39, 0.29) is 5.97 Å². The predicted molar refractivity (Wildman–Crippen MR) is 120 cm³/mol. The molecule has 4 rings (SSSR count). The van der Waals surface area contributed by atoms with Gasteiger partial charge in [0.05, 0.1) is 25.4 Å². The van der Waals surface area contributed by atoms with Crippen LogP contribution in [0.25, 0.3) is 0 Å². The number of amidine groups is 1. The number of benzene rings is 1. The number of aromatic nitrogens is 1. The number of hydrogen-bond acceptors (Lipinski definition) is 8. The standard InChI is InChI=1S/C21H23BrN4O3S/c1-2-29-21(27)17-16(13-26-8-10-28-11-9-26)24-19(20-23-7-12-30-20)25-18(17)14-5-3-4-6-15(14)22/h3-7,12,18H,2,8-11,13H2,1H3,(H,24,25). The molecule has 1 saturated heterocycles. The zero-order valence-electron chi connectivity index (χ0n) is 16.6. The molecule has 1 unspecified atom stereocenters. The zero-order chi connectivity index (χ0) is 20.9. The SMILES string of the molecule is CCOC(=O)C1=C(CN2CCOCC2)NC(c2nccs2)=NC1c1ccccc1Br. The quantitative estimate of drug-likeness (QED) is 0.626. The van der Waals surface area contributed by atoms with E-state index in [1.165, 1.54) is 11.3 Å². The molecule has 1 aromatic carbocycles. The monoisotopic (exact) mass is 490 g/mol. The van der Waals surface area contributed by atoms with Gasteiger partial charge in [0.2, 0.25) is 0 Å². The fraction of sp³-hybridized carbons (Fsp3) is 0.381. The number of ether oxygens (including phenoxy) is 2. The maximum atomic E-state index is 13.1. The predicted octanol–water partition coefficient (Wildman–Crippen LogP) is 3.15. The lowest BCUT2D eigenvalue weighted by atomic mass is 9.95. The third-order valence-electron chi connectivity index (χ3n) is 4.94. The van der Waals surface area contributed by atoms with Gasteiger partial charge in [0.25, 0.3) is 0 Å². The fourth-order valence-electron chi connectivity index (χ4n) is 3.52. The van der Waals surface area contributed by atoms with Gasteiger partial charge in [-0.25, -0.2) is 9.78 Å². The van der Waals surface area contributed by atoms with Gasteiger partial charge < -0.3 is 14.8 Å². The highest BCUT2D eigenvalue weighted by Crippen LogP contribution is 2.36. The second-order valence-corrected chi connectivity index (χ2v) is 8.61. The molecule has 0 spiro atoms. The van der Waals surface area contributed by atoms with Gasteiger partial charge in [-0.2, -0.15) is 0 Å². The maximum Gasteiger partial charge on any atom is 0.338 e. The van der Waals surface area contributed by atoms with Crippen LogP contribution in [-0.2, 0) is 14.3 Å². The van der Waals surface area contributed by atoms with Crippen molar-refractivity contribution in [2.45, 2.75) is 13.0 Å². The minimum Gasteiger partial charge on any atom is -0.463 e. The fourth-order valence-corrected chi connectivity index (χ4v) is 4.61. The van der Waals surface area contributed by atoms with Gasteiger partial charge >= 0.3 is 5.97 Å². The summed E-state index contributed by atoms with van der Waals surface area (Å²) in [7, 11) is 0. The summed E-state index contributed by atoms with van der Waals surface area (Å²) in [6, 6.07) is 7.35. The lowest BCUT2D eigenvalue weighted by Crippen LogP contribution is -2.43. The molecule has 2 aliphatic rings. The molecule has 0 amide bonds. The lowest BCUT2D eigenvalue weighted by molar-refractivity contribution is -0.139. The van der Waals surface area contributed by atoms with Crippen molar-refractivity contribution in [1.29, 1.82) is 0 Å². The first-order valence-corrected chi connectivity index (χ1v) is 11.5. The summed E-state index contributed by atoms with van der Waals surface area (Å²) in [6.45, 7) is 5.69. The Labute approximate surface area is 187 Å². The van der Waals surface area contributed by atoms with Crippen LogP contribution >= 0.6 is 27.3 Å². The van der Waals surface area contributed by atoms with Crippen LogP contribution in [0, 0.1) is 0 Å². The first-order valence-electron chi connectivity index (χ1n) is 9.86. The van der Waals surface area contributed by atoms with Gasteiger partial charge in [0.1, 0.15) is 6.04 Å². The highest BCUT2D eigenvalue weighted by molar-refractivity contribution is 9.10. The first-order chi connectivity index (χ1) is 14.7. The average Bonchev–Trinajstić information content (AvgIpc) is 3.29. The topological polar surface area (TPSA) is 76.0 Å². The van der Waals surface area contributed by atoms with Crippen molar-refractivity contribution in [3.05, 3.63) is 62.2 Å². The number of nitrogens with one attached hydrogen (secondary N) is 1. The molecule has 0 radical (unpaired) electrons. The highest BCUT2D eigenvalue weighted by atomic mass is 79.9. The van der Waals surface area contributed by atoms with Crippen molar-refractivity contribution in [3.8, 4) is 0 Å². The molecule has 7 nitrogen and oxygen atoms in total. The second kappa shape index (κ2) is 9.82. The van der Waals surface area contributed by atoms with Crippen LogP contribution in [0.15, 0.2) is 56.6 Å². The van der Waals surface area contributed by atoms with E-state index in [2.05, 4.69) is 31.1 Å². The van der Waals surface area contributed by atoms with E-state index >= 15 is 0 Å². The van der Waals surface area contributed by atoms with E-state index < -0.39 is 6.04 Å². The van der Waals surface area contributed by atoms with Crippen LogP contribution in [0.4, 0.5) is 0 Å². The van der Waals surface area contributed by atoms with Gasteiger partial charge in [-0.3, -0.25) is 9.89 Å². The Morgan fingerprint density at radius 2 is 2.17 bits per heavy atom. The minimum atomic E-state index is -0.490. The van der Waals surface area contributed by atoms with Gasteiger partial charge in [-0.1, -0.05) is 34.1 Å². The van der Waals surface area contributed by atoms with Gasteiger partial charge in [-0.05, 0) is 18.6 Å². The van der Waals surface area contributed by atoms with Crippen molar-refractivity contribution in [3.63, 3.8) is 0 Å². The molecule has 30 heavy (non-hydrogen) atoms. The minimum absolute atomic E-state index is 0.304. The smallest absolute Gasteiger partial charge is 0.338 e. The van der Waals surface area contributed by atoms with Crippen LogP contribution in [-0.4, -0.2) is 61.1 Å². The average molecular weight is 491 g/mol. The Balaban J connectivity index is 1.80. The number of morpholine rings is 1. The maximum absolute atomic E-state index is 13.1.